The van der Waals surface area contributed by atoms with Crippen LogP contribution >= 0.6 is 0 Å². The number of carbonyl (C=O) groups is 3. The molecule has 0 bridgehead atoms. The van der Waals surface area contributed by atoms with E-state index in [1.165, 1.54) is 10.5 Å². The summed E-state index contributed by atoms with van der Waals surface area (Å²) in [6.07, 6.45) is 1.06. The summed E-state index contributed by atoms with van der Waals surface area (Å²) in [5.74, 6) is -0.0362. The van der Waals surface area contributed by atoms with Gasteiger partial charge in [0.05, 0.1) is 16.8 Å². The molecule has 4 rings (SSSR count). The maximum Gasteiger partial charge on any atom is 0.266 e. The third-order valence-electron chi connectivity index (χ3n) is 6.42. The summed E-state index contributed by atoms with van der Waals surface area (Å²) in [4.78, 5) is 39.7. The number of rotatable bonds is 7. The maximum atomic E-state index is 13.1. The van der Waals surface area contributed by atoms with Crippen LogP contribution in [0.25, 0.3) is 0 Å². The molecule has 1 heterocycles. The van der Waals surface area contributed by atoms with E-state index in [-0.39, 0.29) is 24.0 Å². The second kappa shape index (κ2) is 9.51. The lowest BCUT2D eigenvalue weighted by Gasteiger charge is -2.17. The van der Waals surface area contributed by atoms with E-state index >= 15 is 0 Å². The highest BCUT2D eigenvalue weighted by atomic mass is 16.5. The van der Waals surface area contributed by atoms with Gasteiger partial charge in [-0.1, -0.05) is 38.1 Å². The first kappa shape index (κ1) is 23.2. The van der Waals surface area contributed by atoms with Gasteiger partial charge in [0, 0.05) is 5.69 Å². The van der Waals surface area contributed by atoms with Crippen molar-refractivity contribution < 1.29 is 19.1 Å². The normalized spacial score (nSPS) is 13.6. The first-order valence-electron chi connectivity index (χ1n) is 11.4. The lowest BCUT2D eigenvalue weighted by Crippen LogP contribution is -2.30. The van der Waals surface area contributed by atoms with Crippen molar-refractivity contribution in [2.24, 2.45) is 0 Å². The molecule has 0 unspecified atom stereocenters. The highest BCUT2D eigenvalue weighted by Crippen LogP contribution is 2.33. The van der Waals surface area contributed by atoms with Gasteiger partial charge in [-0.3, -0.25) is 14.4 Å². The van der Waals surface area contributed by atoms with Crippen LogP contribution in [-0.2, 0) is 4.79 Å². The molecule has 0 saturated heterocycles. The third kappa shape index (κ3) is 4.44. The highest BCUT2D eigenvalue weighted by molar-refractivity contribution is 6.35. The van der Waals surface area contributed by atoms with E-state index < -0.39 is 5.91 Å². The Morgan fingerprint density at radius 1 is 0.971 bits per heavy atom. The highest BCUT2D eigenvalue weighted by Gasteiger charge is 2.37. The van der Waals surface area contributed by atoms with Gasteiger partial charge in [-0.2, -0.15) is 0 Å². The summed E-state index contributed by atoms with van der Waals surface area (Å²) >= 11 is 0. The van der Waals surface area contributed by atoms with Crippen molar-refractivity contribution in [3.8, 4) is 5.75 Å². The number of benzene rings is 3. The van der Waals surface area contributed by atoms with E-state index in [1.807, 2.05) is 50.2 Å². The molecule has 3 aromatic rings. The Morgan fingerprint density at radius 3 is 2.38 bits per heavy atom. The average Bonchev–Trinajstić information content (AvgIpc) is 3.08. The van der Waals surface area contributed by atoms with Crippen molar-refractivity contribution in [3.63, 3.8) is 0 Å². The molecule has 1 N–H and O–H groups in total. The molecule has 3 aromatic carbocycles. The molecular formula is C28H28N2O4. The Bertz CT molecular complexity index is 1260. The minimum absolute atomic E-state index is 0.165. The molecule has 174 valence electrons. The maximum absolute atomic E-state index is 13.1. The Morgan fingerprint density at radius 2 is 1.68 bits per heavy atom. The number of anilines is 2. The minimum atomic E-state index is -0.401. The lowest BCUT2D eigenvalue weighted by atomic mass is 9.99. The quantitative estimate of drug-likeness (QED) is 0.467. The Hall–Kier alpha value is -3.93. The van der Waals surface area contributed by atoms with Crippen molar-refractivity contribution in [1.29, 1.82) is 0 Å². The van der Waals surface area contributed by atoms with Crippen LogP contribution in [0.5, 0.6) is 5.75 Å². The van der Waals surface area contributed by atoms with Crippen LogP contribution in [0.15, 0.2) is 60.7 Å². The molecule has 1 aliphatic heterocycles. The van der Waals surface area contributed by atoms with Crippen molar-refractivity contribution in [3.05, 3.63) is 88.5 Å². The molecule has 1 atom stereocenters. The summed E-state index contributed by atoms with van der Waals surface area (Å²) in [6.45, 7) is 7.97. The first-order valence-corrected chi connectivity index (χ1v) is 11.4. The number of aryl methyl sites for hydroxylation is 1. The van der Waals surface area contributed by atoms with Crippen LogP contribution < -0.4 is 15.0 Å². The van der Waals surface area contributed by atoms with E-state index in [9.17, 15) is 14.4 Å². The molecule has 0 radical (unpaired) electrons. The molecule has 6 nitrogen and oxygen atoms in total. The zero-order chi connectivity index (χ0) is 24.4. The fraction of sp³-hybridized carbons (Fsp3) is 0.250. The number of hydrogen-bond acceptors (Lipinski definition) is 4. The van der Waals surface area contributed by atoms with E-state index in [0.29, 0.717) is 28.6 Å². The Labute approximate surface area is 199 Å². The molecule has 6 heteroatoms. The number of nitrogens with one attached hydrogen (secondary N) is 1. The van der Waals surface area contributed by atoms with Gasteiger partial charge < -0.3 is 10.1 Å². The molecule has 34 heavy (non-hydrogen) atoms. The van der Waals surface area contributed by atoms with Gasteiger partial charge in [0.1, 0.15) is 5.75 Å². The first-order chi connectivity index (χ1) is 16.3. The van der Waals surface area contributed by atoms with Crippen molar-refractivity contribution in [2.75, 3.05) is 16.8 Å². The Balaban J connectivity index is 1.43. The third-order valence-corrected chi connectivity index (χ3v) is 6.42. The summed E-state index contributed by atoms with van der Waals surface area (Å²) in [5.41, 5.74) is 4.70. The second-order valence-corrected chi connectivity index (χ2v) is 8.64. The van der Waals surface area contributed by atoms with Crippen LogP contribution in [0.1, 0.15) is 63.6 Å². The molecule has 0 spiro atoms. The molecule has 0 saturated carbocycles. The lowest BCUT2D eigenvalue weighted by molar-refractivity contribution is -0.118. The van der Waals surface area contributed by atoms with Gasteiger partial charge in [-0.15, -0.1) is 0 Å². The molecular weight excluding hydrogens is 428 g/mol. The van der Waals surface area contributed by atoms with Crippen molar-refractivity contribution >= 4 is 29.1 Å². The minimum Gasteiger partial charge on any atom is -0.484 e. The van der Waals surface area contributed by atoms with E-state index in [2.05, 4.69) is 19.2 Å². The molecule has 0 fully saturated rings. The number of carbonyl (C=O) groups excluding carboxylic acids is 3. The number of amides is 3. The fourth-order valence-electron chi connectivity index (χ4n) is 3.99. The number of ether oxygens (including phenoxy) is 1. The van der Waals surface area contributed by atoms with Gasteiger partial charge in [-0.25, -0.2) is 4.90 Å². The topological polar surface area (TPSA) is 75.7 Å². The standard InChI is InChI=1S/C28H28N2O4/c1-5-17(2)20-9-12-22(13-10-20)34-16-26(31)29-21-11-14-23-24(15-21)28(33)30(27(23)32)25-8-6-7-18(3)19(25)4/h6-15,17H,5,16H2,1-4H3,(H,29,31)/t17-/m1/s1. The van der Waals surface area contributed by atoms with E-state index in [0.717, 1.165) is 17.5 Å². The van der Waals surface area contributed by atoms with E-state index in [4.69, 9.17) is 4.74 Å². The summed E-state index contributed by atoms with van der Waals surface area (Å²) in [5, 5.41) is 2.75. The zero-order valence-electron chi connectivity index (χ0n) is 19.8. The van der Waals surface area contributed by atoms with Crippen LogP contribution in [0.2, 0.25) is 0 Å². The van der Waals surface area contributed by atoms with Crippen molar-refractivity contribution in [1.82, 2.24) is 0 Å². The van der Waals surface area contributed by atoms with E-state index in [1.54, 1.807) is 24.3 Å². The second-order valence-electron chi connectivity index (χ2n) is 8.64. The zero-order valence-corrected chi connectivity index (χ0v) is 19.8. The number of nitrogens with zero attached hydrogens (tertiary/aromatic N) is 1. The summed E-state index contributed by atoms with van der Waals surface area (Å²) in [7, 11) is 0. The van der Waals surface area contributed by atoms with Gasteiger partial charge in [0.2, 0.25) is 0 Å². The number of hydrogen-bond donors (Lipinski definition) is 1. The van der Waals surface area contributed by atoms with Gasteiger partial charge in [0.15, 0.2) is 6.61 Å². The number of imide groups is 1. The smallest absolute Gasteiger partial charge is 0.266 e. The van der Waals surface area contributed by atoms with Gasteiger partial charge >= 0.3 is 0 Å². The van der Waals surface area contributed by atoms with Crippen LogP contribution in [0, 0.1) is 13.8 Å². The summed E-state index contributed by atoms with van der Waals surface area (Å²) < 4.78 is 5.60. The van der Waals surface area contributed by atoms with Crippen LogP contribution in [-0.4, -0.2) is 24.3 Å². The fourth-order valence-corrected chi connectivity index (χ4v) is 3.99. The Kier molecular flexibility index (Phi) is 6.50. The monoisotopic (exact) mass is 456 g/mol. The average molecular weight is 457 g/mol. The SMILES string of the molecule is CC[C@@H](C)c1ccc(OCC(=O)Nc2ccc3c(c2)C(=O)N(c2cccc(C)c2C)C3=O)cc1. The predicted molar refractivity (Wildman–Crippen MR) is 133 cm³/mol. The van der Waals surface area contributed by atoms with Crippen molar-refractivity contribution in [2.45, 2.75) is 40.0 Å². The number of fused-ring (bicyclic) bond motifs is 1. The van der Waals surface area contributed by atoms with Gasteiger partial charge in [-0.05, 0) is 79.3 Å². The van der Waals surface area contributed by atoms with Gasteiger partial charge in [0.25, 0.3) is 17.7 Å². The molecule has 0 aromatic heterocycles. The summed E-state index contributed by atoms with van der Waals surface area (Å²) in [6, 6.07) is 18.0. The molecule has 1 aliphatic rings. The van der Waals surface area contributed by atoms with Crippen LogP contribution in [0.4, 0.5) is 11.4 Å². The molecule has 0 aliphatic carbocycles. The predicted octanol–water partition coefficient (Wildman–Crippen LogP) is 5.64. The largest absolute Gasteiger partial charge is 0.484 e. The van der Waals surface area contributed by atoms with Crippen LogP contribution in [0.3, 0.4) is 0 Å². The molecule has 3 amide bonds.